The Hall–Kier alpha value is -2.34. The standard InChI is InChI=1S/C19H21BrN2O3/c1-12-5-4-6-17(13(12)2)25-14(3)19(24)22-21-18(23)11-15-7-9-16(20)10-8-15/h4-10,14H,11H2,1-3H3,(H,21,23)(H,22,24)/t14-/m1/s1. The van der Waals surface area contributed by atoms with Crippen LogP contribution in [0.5, 0.6) is 5.75 Å². The lowest BCUT2D eigenvalue weighted by molar-refractivity contribution is -0.132. The Balaban J connectivity index is 1.83. The molecule has 0 bridgehead atoms. The number of ether oxygens (including phenoxy) is 1. The van der Waals surface area contributed by atoms with Crippen LogP contribution in [0, 0.1) is 13.8 Å². The molecule has 0 unspecified atom stereocenters. The fourth-order valence-electron chi connectivity index (χ4n) is 2.16. The van der Waals surface area contributed by atoms with E-state index in [-0.39, 0.29) is 12.3 Å². The van der Waals surface area contributed by atoms with Crippen molar-refractivity contribution in [1.29, 1.82) is 0 Å². The minimum Gasteiger partial charge on any atom is -0.481 e. The zero-order valence-electron chi connectivity index (χ0n) is 14.4. The Bertz CT molecular complexity index is 760. The van der Waals surface area contributed by atoms with Gasteiger partial charge in [0.15, 0.2) is 6.10 Å². The summed E-state index contributed by atoms with van der Waals surface area (Å²) >= 11 is 3.34. The fraction of sp³-hybridized carbons (Fsp3) is 0.263. The highest BCUT2D eigenvalue weighted by molar-refractivity contribution is 9.10. The first-order valence-electron chi connectivity index (χ1n) is 7.93. The van der Waals surface area contributed by atoms with Crippen LogP contribution in [0.25, 0.3) is 0 Å². The molecule has 0 saturated heterocycles. The minimum atomic E-state index is -0.728. The zero-order chi connectivity index (χ0) is 18.4. The summed E-state index contributed by atoms with van der Waals surface area (Å²) < 4.78 is 6.63. The van der Waals surface area contributed by atoms with Crippen LogP contribution in [0.2, 0.25) is 0 Å². The van der Waals surface area contributed by atoms with Gasteiger partial charge < -0.3 is 4.74 Å². The molecule has 0 aliphatic rings. The predicted molar refractivity (Wildman–Crippen MR) is 100 cm³/mol. The second-order valence-electron chi connectivity index (χ2n) is 5.80. The third-order valence-corrected chi connectivity index (χ3v) is 4.36. The van der Waals surface area contributed by atoms with Gasteiger partial charge in [-0.25, -0.2) is 0 Å². The normalized spacial score (nSPS) is 11.5. The number of benzene rings is 2. The Morgan fingerprint density at radius 1 is 1.08 bits per heavy atom. The van der Waals surface area contributed by atoms with Crippen LogP contribution in [-0.4, -0.2) is 17.9 Å². The summed E-state index contributed by atoms with van der Waals surface area (Å²) in [5.41, 5.74) is 7.74. The fourth-order valence-corrected chi connectivity index (χ4v) is 2.42. The quantitative estimate of drug-likeness (QED) is 0.751. The first kappa shape index (κ1) is 19.0. The van der Waals surface area contributed by atoms with Crippen molar-refractivity contribution in [3.63, 3.8) is 0 Å². The monoisotopic (exact) mass is 404 g/mol. The van der Waals surface area contributed by atoms with E-state index in [0.29, 0.717) is 5.75 Å². The number of nitrogens with one attached hydrogen (secondary N) is 2. The lowest BCUT2D eigenvalue weighted by Crippen LogP contribution is -2.47. The van der Waals surface area contributed by atoms with Crippen LogP contribution in [0.4, 0.5) is 0 Å². The molecule has 0 heterocycles. The van der Waals surface area contributed by atoms with Crippen LogP contribution < -0.4 is 15.6 Å². The number of halogens is 1. The van der Waals surface area contributed by atoms with E-state index in [1.165, 1.54) is 0 Å². The van der Waals surface area contributed by atoms with E-state index < -0.39 is 12.0 Å². The molecule has 6 heteroatoms. The maximum atomic E-state index is 12.1. The third-order valence-electron chi connectivity index (χ3n) is 3.83. The van der Waals surface area contributed by atoms with Gasteiger partial charge in [0.25, 0.3) is 5.91 Å². The molecule has 5 nitrogen and oxygen atoms in total. The number of hydrogen-bond acceptors (Lipinski definition) is 3. The first-order chi connectivity index (χ1) is 11.9. The summed E-state index contributed by atoms with van der Waals surface area (Å²) in [4.78, 5) is 24.0. The lowest BCUT2D eigenvalue weighted by Gasteiger charge is -2.17. The van der Waals surface area contributed by atoms with Gasteiger partial charge in [0, 0.05) is 4.47 Å². The van der Waals surface area contributed by atoms with Crippen molar-refractivity contribution in [2.75, 3.05) is 0 Å². The van der Waals surface area contributed by atoms with Gasteiger partial charge in [0.1, 0.15) is 5.75 Å². The number of carbonyl (C=O) groups is 2. The Kier molecular flexibility index (Phi) is 6.58. The number of aryl methyl sites for hydroxylation is 1. The van der Waals surface area contributed by atoms with Crippen molar-refractivity contribution in [3.05, 3.63) is 63.6 Å². The topological polar surface area (TPSA) is 67.4 Å². The molecule has 2 amide bonds. The highest BCUT2D eigenvalue weighted by atomic mass is 79.9. The number of rotatable bonds is 5. The smallest absolute Gasteiger partial charge is 0.279 e. The zero-order valence-corrected chi connectivity index (χ0v) is 16.0. The van der Waals surface area contributed by atoms with Gasteiger partial charge in [-0.05, 0) is 55.7 Å². The number of hydrogen-bond donors (Lipinski definition) is 2. The molecule has 0 saturated carbocycles. The van der Waals surface area contributed by atoms with E-state index in [9.17, 15) is 9.59 Å². The third kappa shape index (κ3) is 5.60. The molecule has 2 rings (SSSR count). The van der Waals surface area contributed by atoms with Gasteiger partial charge in [-0.1, -0.05) is 40.2 Å². The van der Waals surface area contributed by atoms with E-state index in [1.807, 2.05) is 56.3 Å². The molecule has 0 aliphatic heterocycles. The van der Waals surface area contributed by atoms with Crippen molar-refractivity contribution in [2.45, 2.75) is 33.3 Å². The lowest BCUT2D eigenvalue weighted by atomic mass is 10.1. The van der Waals surface area contributed by atoms with Crippen molar-refractivity contribution in [3.8, 4) is 5.75 Å². The molecule has 0 aromatic heterocycles. The van der Waals surface area contributed by atoms with E-state index in [1.54, 1.807) is 6.92 Å². The van der Waals surface area contributed by atoms with Crippen molar-refractivity contribution in [2.24, 2.45) is 0 Å². The summed E-state index contributed by atoms with van der Waals surface area (Å²) in [6.45, 7) is 5.56. The van der Waals surface area contributed by atoms with Crippen molar-refractivity contribution < 1.29 is 14.3 Å². The molecule has 2 N–H and O–H groups in total. The molecule has 2 aromatic rings. The molecule has 0 fully saturated rings. The summed E-state index contributed by atoms with van der Waals surface area (Å²) in [6.07, 6.45) is -0.548. The van der Waals surface area contributed by atoms with Gasteiger partial charge in [0.05, 0.1) is 6.42 Å². The molecule has 25 heavy (non-hydrogen) atoms. The van der Waals surface area contributed by atoms with Gasteiger partial charge in [-0.15, -0.1) is 0 Å². The van der Waals surface area contributed by atoms with Gasteiger partial charge in [-0.2, -0.15) is 0 Å². The summed E-state index contributed by atoms with van der Waals surface area (Å²) in [6, 6.07) is 13.1. The SMILES string of the molecule is Cc1cccc(O[C@H](C)C(=O)NNC(=O)Cc2ccc(Br)cc2)c1C. The molecule has 1 atom stereocenters. The summed E-state index contributed by atoms with van der Waals surface area (Å²) in [5, 5.41) is 0. The summed E-state index contributed by atoms with van der Waals surface area (Å²) in [5.74, 6) is -0.0523. The first-order valence-corrected chi connectivity index (χ1v) is 8.72. The van der Waals surface area contributed by atoms with Crippen LogP contribution in [0.1, 0.15) is 23.6 Å². The Labute approximate surface area is 155 Å². The van der Waals surface area contributed by atoms with Crippen LogP contribution in [-0.2, 0) is 16.0 Å². The van der Waals surface area contributed by atoms with Crippen LogP contribution in [0.15, 0.2) is 46.9 Å². The van der Waals surface area contributed by atoms with Gasteiger partial charge in [0.2, 0.25) is 5.91 Å². The molecule has 0 radical (unpaired) electrons. The molecular formula is C19H21BrN2O3. The predicted octanol–water partition coefficient (Wildman–Crippen LogP) is 3.22. The van der Waals surface area contributed by atoms with E-state index in [0.717, 1.165) is 21.2 Å². The maximum absolute atomic E-state index is 12.1. The van der Waals surface area contributed by atoms with E-state index in [2.05, 4.69) is 26.8 Å². The van der Waals surface area contributed by atoms with Crippen LogP contribution in [0.3, 0.4) is 0 Å². The second kappa shape index (κ2) is 8.67. The van der Waals surface area contributed by atoms with Gasteiger partial charge >= 0.3 is 0 Å². The van der Waals surface area contributed by atoms with Gasteiger partial charge in [-0.3, -0.25) is 20.4 Å². The number of carbonyl (C=O) groups excluding carboxylic acids is 2. The number of amides is 2. The maximum Gasteiger partial charge on any atom is 0.279 e. The molecule has 2 aromatic carbocycles. The molecular weight excluding hydrogens is 384 g/mol. The minimum absolute atomic E-state index is 0.180. The van der Waals surface area contributed by atoms with E-state index in [4.69, 9.17) is 4.74 Å². The molecule has 0 spiro atoms. The molecule has 132 valence electrons. The molecule has 0 aliphatic carbocycles. The van der Waals surface area contributed by atoms with Crippen molar-refractivity contribution in [1.82, 2.24) is 10.9 Å². The average molecular weight is 405 g/mol. The van der Waals surface area contributed by atoms with Crippen LogP contribution >= 0.6 is 15.9 Å². The Morgan fingerprint density at radius 2 is 1.76 bits per heavy atom. The van der Waals surface area contributed by atoms with Crippen molar-refractivity contribution >= 4 is 27.7 Å². The highest BCUT2D eigenvalue weighted by Crippen LogP contribution is 2.21. The number of hydrazine groups is 1. The Morgan fingerprint density at radius 3 is 2.44 bits per heavy atom. The summed E-state index contributed by atoms with van der Waals surface area (Å²) in [7, 11) is 0. The largest absolute Gasteiger partial charge is 0.481 e. The average Bonchev–Trinajstić information content (AvgIpc) is 2.58. The second-order valence-corrected chi connectivity index (χ2v) is 6.71. The highest BCUT2D eigenvalue weighted by Gasteiger charge is 2.16. The van der Waals surface area contributed by atoms with E-state index >= 15 is 0 Å².